The van der Waals surface area contributed by atoms with Crippen LogP contribution in [-0.4, -0.2) is 43.7 Å². The first-order valence-electron chi connectivity index (χ1n) is 10.9. The van der Waals surface area contributed by atoms with Crippen LogP contribution in [0.1, 0.15) is 43.0 Å². The maximum absolute atomic E-state index is 12.5. The normalized spacial score (nSPS) is 17.0. The molecule has 2 heterocycles. The number of hydrazine groups is 2. The van der Waals surface area contributed by atoms with E-state index in [1.807, 2.05) is 24.3 Å². The molecule has 0 aliphatic carbocycles. The molecule has 8 heteroatoms. The molecular weight excluding hydrogens is 396 g/mol. The lowest BCUT2D eigenvalue weighted by Gasteiger charge is -2.32. The van der Waals surface area contributed by atoms with E-state index in [1.165, 1.54) is 23.2 Å². The van der Waals surface area contributed by atoms with Gasteiger partial charge in [0, 0.05) is 13.1 Å². The molecule has 0 spiro atoms. The number of carbonyl (C=O) groups excluding carboxylic acids is 1. The number of likely N-dealkylation sites (tertiary alicyclic amines) is 1. The number of unbranched alkanes of at least 4 members (excludes halogenated alkanes) is 1. The smallest absolute Gasteiger partial charge is 0.365 e. The molecule has 8 nitrogen and oxygen atoms in total. The summed E-state index contributed by atoms with van der Waals surface area (Å²) in [6.45, 7) is 5.48. The van der Waals surface area contributed by atoms with Crippen LogP contribution in [-0.2, 0) is 9.68 Å². The number of benzene rings is 2. The minimum absolute atomic E-state index is 0.143. The molecule has 0 unspecified atom stereocenters. The molecule has 1 saturated heterocycles. The third-order valence-electron chi connectivity index (χ3n) is 5.60. The van der Waals surface area contributed by atoms with Crippen LogP contribution in [0, 0.1) is 0 Å². The van der Waals surface area contributed by atoms with Crippen molar-refractivity contribution in [2.75, 3.05) is 37.1 Å². The fourth-order valence-corrected chi connectivity index (χ4v) is 3.88. The maximum atomic E-state index is 12.5. The number of fused-ring (bicyclic) bond motifs is 1. The number of para-hydroxylation sites is 1. The van der Waals surface area contributed by atoms with Crippen LogP contribution in [0.5, 0.6) is 5.75 Å². The molecule has 2 aromatic rings. The average Bonchev–Trinajstić information content (AvgIpc) is 3.17. The number of rotatable bonds is 8. The number of nitrogens with zero attached hydrogens (tertiary/aromatic N) is 3. The Kier molecular flexibility index (Phi) is 6.91. The number of piperidine rings is 1. The van der Waals surface area contributed by atoms with Gasteiger partial charge in [0.25, 0.3) is 0 Å². The SMILES string of the molecule is CCCCN1CCC(Oc2cccc3c2N(OC)NN3OC(=O)c2ccccc2)CC1. The van der Waals surface area contributed by atoms with Crippen molar-refractivity contribution < 1.29 is 19.2 Å². The minimum atomic E-state index is -0.470. The highest BCUT2D eigenvalue weighted by Crippen LogP contribution is 2.42. The van der Waals surface area contributed by atoms with Crippen molar-refractivity contribution in [3.8, 4) is 5.75 Å². The lowest BCUT2D eigenvalue weighted by atomic mass is 10.1. The molecule has 2 aliphatic heterocycles. The first kappa shape index (κ1) is 21.4. The van der Waals surface area contributed by atoms with Crippen molar-refractivity contribution in [2.45, 2.75) is 38.7 Å². The van der Waals surface area contributed by atoms with Gasteiger partial charge in [-0.15, -0.1) is 5.17 Å². The van der Waals surface area contributed by atoms with Crippen LogP contribution in [0.2, 0.25) is 0 Å². The number of nitrogens with one attached hydrogen (secondary N) is 1. The van der Waals surface area contributed by atoms with Gasteiger partial charge in [0.1, 0.15) is 17.5 Å². The standard InChI is InChI=1S/C23H30N4O4/c1-3-4-15-25-16-13-19(14-17-25)30-21-12-8-11-20-22(21)27(29-2)24-26(20)31-23(28)18-9-6-5-7-10-18/h5-12,19,24H,3-4,13-17H2,1-2H3. The van der Waals surface area contributed by atoms with Crippen LogP contribution in [0.4, 0.5) is 11.4 Å². The van der Waals surface area contributed by atoms with Gasteiger partial charge in [0.05, 0.1) is 12.7 Å². The van der Waals surface area contributed by atoms with Gasteiger partial charge < -0.3 is 14.5 Å². The second-order valence-corrected chi connectivity index (χ2v) is 7.75. The van der Waals surface area contributed by atoms with Crippen LogP contribution in [0.3, 0.4) is 0 Å². The van der Waals surface area contributed by atoms with E-state index in [-0.39, 0.29) is 6.10 Å². The summed E-state index contributed by atoms with van der Waals surface area (Å²) in [7, 11) is 1.54. The average molecular weight is 427 g/mol. The monoisotopic (exact) mass is 426 g/mol. The molecule has 0 aromatic heterocycles. The zero-order chi connectivity index (χ0) is 21.6. The van der Waals surface area contributed by atoms with E-state index in [2.05, 4.69) is 17.4 Å². The lowest BCUT2D eigenvalue weighted by Crippen LogP contribution is -2.45. The van der Waals surface area contributed by atoms with Gasteiger partial charge in [-0.2, -0.15) is 5.17 Å². The predicted molar refractivity (Wildman–Crippen MR) is 118 cm³/mol. The minimum Gasteiger partial charge on any atom is -0.488 e. The van der Waals surface area contributed by atoms with Crippen molar-refractivity contribution in [3.63, 3.8) is 0 Å². The van der Waals surface area contributed by atoms with Crippen molar-refractivity contribution >= 4 is 17.3 Å². The van der Waals surface area contributed by atoms with Gasteiger partial charge in [-0.25, -0.2) is 4.79 Å². The topological polar surface area (TPSA) is 66.5 Å². The molecule has 0 radical (unpaired) electrons. The Morgan fingerprint density at radius 2 is 1.84 bits per heavy atom. The van der Waals surface area contributed by atoms with Crippen LogP contribution >= 0.6 is 0 Å². The van der Waals surface area contributed by atoms with Crippen LogP contribution in [0.15, 0.2) is 48.5 Å². The predicted octanol–water partition coefficient (Wildman–Crippen LogP) is 3.71. The Morgan fingerprint density at radius 3 is 2.55 bits per heavy atom. The zero-order valence-corrected chi connectivity index (χ0v) is 18.1. The van der Waals surface area contributed by atoms with E-state index in [4.69, 9.17) is 14.4 Å². The Morgan fingerprint density at radius 1 is 1.06 bits per heavy atom. The molecule has 2 aromatic carbocycles. The van der Waals surface area contributed by atoms with Gasteiger partial charge in [-0.3, -0.25) is 4.84 Å². The van der Waals surface area contributed by atoms with Crippen molar-refractivity contribution in [1.82, 2.24) is 10.4 Å². The van der Waals surface area contributed by atoms with Crippen molar-refractivity contribution in [3.05, 3.63) is 54.1 Å². The molecule has 166 valence electrons. The van der Waals surface area contributed by atoms with Crippen molar-refractivity contribution in [2.24, 2.45) is 0 Å². The lowest BCUT2D eigenvalue weighted by molar-refractivity contribution is 0.0307. The van der Waals surface area contributed by atoms with Gasteiger partial charge >= 0.3 is 5.97 Å². The summed E-state index contributed by atoms with van der Waals surface area (Å²) in [5.74, 6) is 0.222. The van der Waals surface area contributed by atoms with Crippen LogP contribution in [0.25, 0.3) is 0 Å². The maximum Gasteiger partial charge on any atom is 0.365 e. The fourth-order valence-electron chi connectivity index (χ4n) is 3.88. The van der Waals surface area contributed by atoms with E-state index in [1.54, 1.807) is 31.4 Å². The summed E-state index contributed by atoms with van der Waals surface area (Å²) >= 11 is 0. The second-order valence-electron chi connectivity index (χ2n) is 7.75. The first-order chi connectivity index (χ1) is 15.2. The molecule has 0 saturated carbocycles. The third kappa shape index (κ3) is 4.92. The number of hydrogen-bond acceptors (Lipinski definition) is 8. The first-order valence-corrected chi connectivity index (χ1v) is 10.9. The molecule has 4 rings (SSSR count). The van der Waals surface area contributed by atoms with E-state index in [9.17, 15) is 4.79 Å². The van der Waals surface area contributed by atoms with E-state index in [0.29, 0.717) is 22.7 Å². The summed E-state index contributed by atoms with van der Waals surface area (Å²) in [6.07, 6.45) is 4.58. The molecule has 1 fully saturated rings. The molecule has 1 N–H and O–H groups in total. The quantitative estimate of drug-likeness (QED) is 0.685. The number of carbonyl (C=O) groups is 1. The summed E-state index contributed by atoms with van der Waals surface area (Å²) < 4.78 is 6.37. The molecular formula is C23H30N4O4. The second kappa shape index (κ2) is 10.00. The van der Waals surface area contributed by atoms with Gasteiger partial charge in [0.15, 0.2) is 5.69 Å². The van der Waals surface area contributed by atoms with Gasteiger partial charge in [-0.05, 0) is 50.1 Å². The summed E-state index contributed by atoms with van der Waals surface area (Å²) in [5, 5.41) is 2.74. The Bertz CT molecular complexity index is 871. The molecule has 2 aliphatic rings. The van der Waals surface area contributed by atoms with Gasteiger partial charge in [0.2, 0.25) is 0 Å². The van der Waals surface area contributed by atoms with E-state index >= 15 is 0 Å². The third-order valence-corrected chi connectivity index (χ3v) is 5.60. The van der Waals surface area contributed by atoms with Crippen molar-refractivity contribution in [1.29, 1.82) is 0 Å². The van der Waals surface area contributed by atoms with E-state index in [0.717, 1.165) is 32.5 Å². The molecule has 0 bridgehead atoms. The van der Waals surface area contributed by atoms with Crippen LogP contribution < -0.4 is 20.6 Å². The molecule has 0 atom stereocenters. The number of anilines is 2. The Hall–Kier alpha value is -2.81. The summed E-state index contributed by atoms with van der Waals surface area (Å²) in [5.41, 5.74) is 4.71. The number of ether oxygens (including phenoxy) is 1. The van der Waals surface area contributed by atoms with Gasteiger partial charge in [-0.1, -0.05) is 43.1 Å². The zero-order valence-electron chi connectivity index (χ0n) is 18.1. The summed E-state index contributed by atoms with van der Waals surface area (Å²) in [4.78, 5) is 26.0. The highest BCUT2D eigenvalue weighted by atomic mass is 16.8. The largest absolute Gasteiger partial charge is 0.488 e. The fraction of sp³-hybridized carbons (Fsp3) is 0.435. The molecule has 0 amide bonds. The Balaban J connectivity index is 1.45. The number of hydrogen-bond donors (Lipinski definition) is 1. The highest BCUT2D eigenvalue weighted by molar-refractivity contribution is 5.90. The summed E-state index contributed by atoms with van der Waals surface area (Å²) in [6, 6.07) is 14.5. The van der Waals surface area contributed by atoms with E-state index < -0.39 is 5.97 Å². The molecule has 31 heavy (non-hydrogen) atoms. The Labute approximate surface area is 183 Å². The highest BCUT2D eigenvalue weighted by Gasteiger charge is 2.34.